The standard InChI is InChI=1S/C15H13ClN4O2S/c1-8-2-3-9(4-12(8)21)18-14(22)7-23-15-19-10-5-13(16)17-6-11(10)20-15/h2-6,21H,7H2,1H3,(H,18,22)(H,19,20). The van der Waals surface area contributed by atoms with E-state index in [1.54, 1.807) is 31.3 Å². The highest BCUT2D eigenvalue weighted by molar-refractivity contribution is 7.99. The number of phenolic OH excluding ortho intramolecular Hbond substituents is 1. The summed E-state index contributed by atoms with van der Waals surface area (Å²) in [5, 5.41) is 13.4. The molecule has 0 saturated carbocycles. The van der Waals surface area contributed by atoms with Gasteiger partial charge in [0.2, 0.25) is 5.91 Å². The lowest BCUT2D eigenvalue weighted by molar-refractivity contribution is -0.113. The van der Waals surface area contributed by atoms with E-state index in [2.05, 4.69) is 20.3 Å². The van der Waals surface area contributed by atoms with Crippen LogP contribution in [0.2, 0.25) is 5.15 Å². The second-order valence-electron chi connectivity index (χ2n) is 4.90. The maximum atomic E-state index is 12.0. The van der Waals surface area contributed by atoms with E-state index in [0.29, 0.717) is 21.5 Å². The van der Waals surface area contributed by atoms with Crippen molar-refractivity contribution >= 4 is 46.0 Å². The molecule has 0 unspecified atom stereocenters. The summed E-state index contributed by atoms with van der Waals surface area (Å²) >= 11 is 7.09. The van der Waals surface area contributed by atoms with Crippen molar-refractivity contribution in [2.75, 3.05) is 11.1 Å². The van der Waals surface area contributed by atoms with Gasteiger partial charge in [-0.1, -0.05) is 29.4 Å². The van der Waals surface area contributed by atoms with Gasteiger partial charge < -0.3 is 15.4 Å². The molecule has 0 fully saturated rings. The molecule has 8 heteroatoms. The Morgan fingerprint density at radius 1 is 1.43 bits per heavy atom. The number of benzene rings is 1. The first-order valence-corrected chi connectivity index (χ1v) is 8.11. The van der Waals surface area contributed by atoms with E-state index in [1.807, 2.05) is 0 Å². The third kappa shape index (κ3) is 3.75. The molecule has 2 aromatic heterocycles. The van der Waals surface area contributed by atoms with Crippen LogP contribution in [0.25, 0.3) is 11.0 Å². The Morgan fingerprint density at radius 3 is 3.04 bits per heavy atom. The molecule has 2 heterocycles. The molecule has 0 aliphatic heterocycles. The van der Waals surface area contributed by atoms with Crippen LogP contribution in [0.5, 0.6) is 5.75 Å². The SMILES string of the molecule is Cc1ccc(NC(=O)CSc2nc3cc(Cl)ncc3[nH]2)cc1O. The maximum absolute atomic E-state index is 12.0. The summed E-state index contributed by atoms with van der Waals surface area (Å²) in [6.45, 7) is 1.79. The molecule has 6 nitrogen and oxygen atoms in total. The van der Waals surface area contributed by atoms with Gasteiger partial charge in [0.1, 0.15) is 10.9 Å². The first kappa shape index (κ1) is 15.6. The second-order valence-corrected chi connectivity index (χ2v) is 6.26. The topological polar surface area (TPSA) is 90.9 Å². The number of carbonyl (C=O) groups is 1. The highest BCUT2D eigenvalue weighted by Gasteiger charge is 2.09. The van der Waals surface area contributed by atoms with Crippen LogP contribution in [-0.4, -0.2) is 31.7 Å². The minimum atomic E-state index is -0.185. The molecular weight excluding hydrogens is 336 g/mol. The van der Waals surface area contributed by atoms with E-state index in [9.17, 15) is 9.90 Å². The van der Waals surface area contributed by atoms with Gasteiger partial charge in [0.15, 0.2) is 5.16 Å². The lowest BCUT2D eigenvalue weighted by Crippen LogP contribution is -2.14. The molecule has 23 heavy (non-hydrogen) atoms. The number of halogens is 1. The van der Waals surface area contributed by atoms with E-state index >= 15 is 0 Å². The Balaban J connectivity index is 1.62. The van der Waals surface area contributed by atoms with Crippen LogP contribution in [-0.2, 0) is 4.79 Å². The molecule has 0 aliphatic carbocycles. The van der Waals surface area contributed by atoms with E-state index in [4.69, 9.17) is 11.6 Å². The van der Waals surface area contributed by atoms with Crippen molar-refractivity contribution in [1.82, 2.24) is 15.0 Å². The monoisotopic (exact) mass is 348 g/mol. The fraction of sp³-hybridized carbons (Fsp3) is 0.133. The van der Waals surface area contributed by atoms with Gasteiger partial charge in [-0.05, 0) is 18.6 Å². The second kappa shape index (κ2) is 6.47. The summed E-state index contributed by atoms with van der Waals surface area (Å²) in [7, 11) is 0. The molecule has 0 bridgehead atoms. The number of thioether (sulfide) groups is 1. The highest BCUT2D eigenvalue weighted by Crippen LogP contribution is 2.23. The van der Waals surface area contributed by atoms with Gasteiger partial charge in [0.05, 0.1) is 23.0 Å². The number of anilines is 1. The zero-order chi connectivity index (χ0) is 16.4. The molecule has 0 spiro atoms. The van der Waals surface area contributed by atoms with Crippen LogP contribution in [0.15, 0.2) is 35.6 Å². The first-order valence-electron chi connectivity index (χ1n) is 6.75. The molecule has 0 saturated heterocycles. The number of phenols is 1. The van der Waals surface area contributed by atoms with Crippen LogP contribution in [0.3, 0.4) is 0 Å². The number of nitrogens with zero attached hydrogens (tertiary/aromatic N) is 2. The first-order chi connectivity index (χ1) is 11.0. The number of H-pyrrole nitrogens is 1. The number of aromatic amines is 1. The number of rotatable bonds is 4. The number of hydrogen-bond donors (Lipinski definition) is 3. The Labute approximate surface area is 141 Å². The Hall–Kier alpha value is -2.25. The van der Waals surface area contributed by atoms with E-state index < -0.39 is 0 Å². The van der Waals surface area contributed by atoms with Crippen LogP contribution < -0.4 is 5.32 Å². The van der Waals surface area contributed by atoms with Gasteiger partial charge in [-0.15, -0.1) is 0 Å². The van der Waals surface area contributed by atoms with Crippen LogP contribution >= 0.6 is 23.4 Å². The fourth-order valence-electron chi connectivity index (χ4n) is 1.95. The summed E-state index contributed by atoms with van der Waals surface area (Å²) in [6, 6.07) is 6.67. The summed E-state index contributed by atoms with van der Waals surface area (Å²) in [5.74, 6) is 0.155. The number of nitrogens with one attached hydrogen (secondary N) is 2. The van der Waals surface area contributed by atoms with Crippen molar-refractivity contribution in [2.24, 2.45) is 0 Å². The van der Waals surface area contributed by atoms with Crippen molar-refractivity contribution in [1.29, 1.82) is 0 Å². The minimum Gasteiger partial charge on any atom is -0.508 e. The normalized spacial score (nSPS) is 10.9. The fourth-order valence-corrected chi connectivity index (χ4v) is 2.79. The van der Waals surface area contributed by atoms with Gasteiger partial charge in [-0.2, -0.15) is 0 Å². The number of aromatic nitrogens is 3. The van der Waals surface area contributed by atoms with Crippen molar-refractivity contribution in [3.8, 4) is 5.75 Å². The zero-order valence-corrected chi connectivity index (χ0v) is 13.7. The zero-order valence-electron chi connectivity index (χ0n) is 12.1. The van der Waals surface area contributed by atoms with E-state index in [1.165, 1.54) is 17.8 Å². The average molecular weight is 349 g/mol. The number of pyridine rings is 1. The van der Waals surface area contributed by atoms with Gasteiger partial charge in [-0.3, -0.25) is 4.79 Å². The van der Waals surface area contributed by atoms with Gasteiger partial charge >= 0.3 is 0 Å². The highest BCUT2D eigenvalue weighted by atomic mass is 35.5. The number of aryl methyl sites for hydroxylation is 1. The van der Waals surface area contributed by atoms with E-state index in [0.717, 1.165) is 11.1 Å². The van der Waals surface area contributed by atoms with E-state index in [-0.39, 0.29) is 17.4 Å². The smallest absolute Gasteiger partial charge is 0.234 e. The largest absolute Gasteiger partial charge is 0.508 e. The van der Waals surface area contributed by atoms with Crippen molar-refractivity contribution < 1.29 is 9.90 Å². The molecule has 118 valence electrons. The predicted molar refractivity (Wildman–Crippen MR) is 91.1 cm³/mol. The minimum absolute atomic E-state index is 0.150. The van der Waals surface area contributed by atoms with Crippen LogP contribution in [0.1, 0.15) is 5.56 Å². The summed E-state index contributed by atoms with van der Waals surface area (Å²) in [5.41, 5.74) is 2.78. The number of hydrogen-bond acceptors (Lipinski definition) is 5. The molecule has 0 atom stereocenters. The van der Waals surface area contributed by atoms with Gasteiger partial charge in [-0.25, -0.2) is 9.97 Å². The third-order valence-electron chi connectivity index (χ3n) is 3.15. The van der Waals surface area contributed by atoms with Crippen LogP contribution in [0.4, 0.5) is 5.69 Å². The third-order valence-corrected chi connectivity index (χ3v) is 4.23. The predicted octanol–water partition coefficient (Wildman–Crippen LogP) is 3.36. The Morgan fingerprint density at radius 2 is 2.26 bits per heavy atom. The number of imidazole rings is 1. The molecule has 3 N–H and O–H groups in total. The summed E-state index contributed by atoms with van der Waals surface area (Å²) < 4.78 is 0. The number of carbonyl (C=O) groups excluding carboxylic acids is 1. The molecule has 1 aromatic carbocycles. The van der Waals surface area contributed by atoms with Crippen molar-refractivity contribution in [3.63, 3.8) is 0 Å². The van der Waals surface area contributed by atoms with Crippen molar-refractivity contribution in [2.45, 2.75) is 12.1 Å². The lowest BCUT2D eigenvalue weighted by Gasteiger charge is -2.06. The van der Waals surface area contributed by atoms with Gasteiger partial charge in [0, 0.05) is 17.8 Å². The van der Waals surface area contributed by atoms with Gasteiger partial charge in [0.25, 0.3) is 0 Å². The Bertz CT molecular complexity index is 881. The molecule has 0 aliphatic rings. The summed E-state index contributed by atoms with van der Waals surface area (Å²) in [6.07, 6.45) is 1.60. The maximum Gasteiger partial charge on any atom is 0.234 e. The quantitative estimate of drug-likeness (QED) is 0.497. The number of aromatic hydroxyl groups is 1. The van der Waals surface area contributed by atoms with Crippen molar-refractivity contribution in [3.05, 3.63) is 41.2 Å². The number of fused-ring (bicyclic) bond motifs is 1. The lowest BCUT2D eigenvalue weighted by atomic mass is 10.2. The molecule has 0 radical (unpaired) electrons. The summed E-state index contributed by atoms with van der Waals surface area (Å²) in [4.78, 5) is 23.3. The molecular formula is C15H13ClN4O2S. The number of amides is 1. The molecule has 3 rings (SSSR count). The molecule has 1 amide bonds. The van der Waals surface area contributed by atoms with Crippen LogP contribution in [0, 0.1) is 6.92 Å². The Kier molecular flexibility index (Phi) is 4.40. The average Bonchev–Trinajstić information content (AvgIpc) is 2.91. The molecule has 3 aromatic rings.